The number of amides is 1. The molecule has 0 aliphatic carbocycles. The first kappa shape index (κ1) is 20.2. The SMILES string of the molecule is C=CC(=O)N1CCN(c2ccc(NS(=O)(=O)Cc3ccc(Cl)cc3)cc2)CC1. The van der Waals surface area contributed by atoms with Crippen LogP contribution in [0.25, 0.3) is 0 Å². The smallest absolute Gasteiger partial charge is 0.246 e. The van der Waals surface area contributed by atoms with Gasteiger partial charge in [0.25, 0.3) is 0 Å². The Bertz CT molecular complexity index is 936. The van der Waals surface area contributed by atoms with E-state index in [1.165, 1.54) is 6.08 Å². The number of hydrogen-bond acceptors (Lipinski definition) is 4. The fraction of sp³-hybridized carbons (Fsp3) is 0.250. The van der Waals surface area contributed by atoms with Gasteiger partial charge in [0.15, 0.2) is 0 Å². The molecule has 2 aromatic rings. The second-order valence-electron chi connectivity index (χ2n) is 6.55. The Balaban J connectivity index is 1.59. The molecule has 1 aliphatic rings. The summed E-state index contributed by atoms with van der Waals surface area (Å²) in [6.07, 6.45) is 1.33. The lowest BCUT2D eigenvalue weighted by molar-refractivity contribution is -0.126. The standard InChI is InChI=1S/C20H22ClN3O3S/c1-2-20(25)24-13-11-23(12-14-24)19-9-7-18(8-10-19)22-28(26,27)15-16-3-5-17(21)6-4-16/h2-10,22H,1,11-15H2. The van der Waals surface area contributed by atoms with Gasteiger partial charge in [-0.05, 0) is 48.0 Å². The highest BCUT2D eigenvalue weighted by molar-refractivity contribution is 7.91. The molecule has 1 fully saturated rings. The average Bonchev–Trinajstić information content (AvgIpc) is 2.69. The molecule has 0 aromatic heterocycles. The van der Waals surface area contributed by atoms with Crippen LogP contribution in [0.5, 0.6) is 0 Å². The summed E-state index contributed by atoms with van der Waals surface area (Å²) in [5.41, 5.74) is 2.17. The molecule has 28 heavy (non-hydrogen) atoms. The third-order valence-corrected chi connectivity index (χ3v) is 6.05. The summed E-state index contributed by atoms with van der Waals surface area (Å²) in [6, 6.07) is 14.0. The summed E-state index contributed by atoms with van der Waals surface area (Å²) in [6.45, 7) is 6.24. The summed E-state index contributed by atoms with van der Waals surface area (Å²) in [7, 11) is -3.52. The van der Waals surface area contributed by atoms with E-state index < -0.39 is 10.0 Å². The molecule has 8 heteroatoms. The molecule has 1 N–H and O–H groups in total. The Kier molecular flexibility index (Phi) is 6.26. The average molecular weight is 420 g/mol. The number of hydrogen-bond donors (Lipinski definition) is 1. The molecule has 0 saturated carbocycles. The maximum Gasteiger partial charge on any atom is 0.246 e. The van der Waals surface area contributed by atoms with Gasteiger partial charge in [0.1, 0.15) is 0 Å². The Labute approximate surface area is 170 Å². The van der Waals surface area contributed by atoms with Crippen molar-refractivity contribution in [2.75, 3.05) is 35.8 Å². The van der Waals surface area contributed by atoms with Crippen LogP contribution in [-0.4, -0.2) is 45.4 Å². The van der Waals surface area contributed by atoms with Gasteiger partial charge in [0.2, 0.25) is 15.9 Å². The molecule has 1 saturated heterocycles. The highest BCUT2D eigenvalue weighted by Crippen LogP contribution is 2.21. The van der Waals surface area contributed by atoms with E-state index in [1.807, 2.05) is 12.1 Å². The van der Waals surface area contributed by atoms with Crippen LogP contribution in [0.4, 0.5) is 11.4 Å². The van der Waals surface area contributed by atoms with Gasteiger partial charge >= 0.3 is 0 Å². The topological polar surface area (TPSA) is 69.7 Å². The Morgan fingerprint density at radius 3 is 2.21 bits per heavy atom. The number of rotatable bonds is 6. The van der Waals surface area contributed by atoms with Crippen LogP contribution in [0, 0.1) is 0 Å². The second kappa shape index (κ2) is 8.67. The number of nitrogens with one attached hydrogen (secondary N) is 1. The zero-order chi connectivity index (χ0) is 20.1. The van der Waals surface area contributed by atoms with Crippen LogP contribution in [-0.2, 0) is 20.6 Å². The summed E-state index contributed by atoms with van der Waals surface area (Å²) < 4.78 is 27.3. The van der Waals surface area contributed by atoms with Crippen LogP contribution in [0.15, 0.2) is 61.2 Å². The number of piperazine rings is 1. The van der Waals surface area contributed by atoms with Crippen molar-refractivity contribution in [1.82, 2.24) is 4.90 Å². The fourth-order valence-corrected chi connectivity index (χ4v) is 4.39. The maximum atomic E-state index is 12.4. The molecule has 1 amide bonds. The third kappa shape index (κ3) is 5.27. The van der Waals surface area contributed by atoms with Crippen molar-refractivity contribution in [3.63, 3.8) is 0 Å². The Hall–Kier alpha value is -2.51. The molecule has 0 bridgehead atoms. The van der Waals surface area contributed by atoms with Crippen molar-refractivity contribution in [3.8, 4) is 0 Å². The quantitative estimate of drug-likeness (QED) is 0.730. The van der Waals surface area contributed by atoms with Gasteiger partial charge in [-0.2, -0.15) is 0 Å². The number of benzene rings is 2. The molecular weight excluding hydrogens is 398 g/mol. The molecular formula is C20H22ClN3O3S. The van der Waals surface area contributed by atoms with Crippen LogP contribution in [0.3, 0.4) is 0 Å². The first-order valence-electron chi connectivity index (χ1n) is 8.87. The summed E-state index contributed by atoms with van der Waals surface area (Å²) in [5.74, 6) is -0.171. The Morgan fingerprint density at radius 2 is 1.64 bits per heavy atom. The number of carbonyl (C=O) groups excluding carboxylic acids is 1. The summed E-state index contributed by atoms with van der Waals surface area (Å²) >= 11 is 5.83. The lowest BCUT2D eigenvalue weighted by atomic mass is 10.2. The monoisotopic (exact) mass is 419 g/mol. The second-order valence-corrected chi connectivity index (χ2v) is 8.71. The van der Waals surface area contributed by atoms with Gasteiger partial charge in [-0.3, -0.25) is 9.52 Å². The van der Waals surface area contributed by atoms with Crippen molar-refractivity contribution in [2.24, 2.45) is 0 Å². The van der Waals surface area contributed by atoms with E-state index in [0.717, 1.165) is 18.8 Å². The van der Waals surface area contributed by atoms with Crippen LogP contribution >= 0.6 is 11.6 Å². The minimum absolute atomic E-state index is 0.0508. The summed E-state index contributed by atoms with van der Waals surface area (Å²) in [5, 5.41) is 0.569. The molecule has 6 nitrogen and oxygen atoms in total. The highest BCUT2D eigenvalue weighted by atomic mass is 35.5. The normalized spacial score (nSPS) is 14.6. The number of carbonyl (C=O) groups is 1. The highest BCUT2D eigenvalue weighted by Gasteiger charge is 2.19. The van der Waals surface area contributed by atoms with Crippen LogP contribution in [0.1, 0.15) is 5.56 Å². The molecule has 3 rings (SSSR count). The van der Waals surface area contributed by atoms with E-state index in [1.54, 1.807) is 41.3 Å². The van der Waals surface area contributed by atoms with Crippen LogP contribution in [0.2, 0.25) is 5.02 Å². The molecule has 0 atom stereocenters. The van der Waals surface area contributed by atoms with Crippen molar-refractivity contribution in [1.29, 1.82) is 0 Å². The third-order valence-electron chi connectivity index (χ3n) is 4.54. The minimum Gasteiger partial charge on any atom is -0.368 e. The maximum absolute atomic E-state index is 12.4. The first-order chi connectivity index (χ1) is 13.4. The largest absolute Gasteiger partial charge is 0.368 e. The lowest BCUT2D eigenvalue weighted by Crippen LogP contribution is -2.48. The van der Waals surface area contributed by atoms with E-state index in [4.69, 9.17) is 11.6 Å². The number of nitrogens with zero attached hydrogens (tertiary/aromatic N) is 2. The zero-order valence-electron chi connectivity index (χ0n) is 15.3. The van der Waals surface area contributed by atoms with Crippen molar-refractivity contribution < 1.29 is 13.2 Å². The zero-order valence-corrected chi connectivity index (χ0v) is 16.9. The van der Waals surface area contributed by atoms with E-state index in [-0.39, 0.29) is 11.7 Å². The molecule has 0 radical (unpaired) electrons. The van der Waals surface area contributed by atoms with Crippen molar-refractivity contribution in [2.45, 2.75) is 5.75 Å². The minimum atomic E-state index is -3.52. The molecule has 1 heterocycles. The number of halogens is 1. The predicted molar refractivity (Wildman–Crippen MR) is 113 cm³/mol. The summed E-state index contributed by atoms with van der Waals surface area (Å²) in [4.78, 5) is 15.6. The number of sulfonamides is 1. The molecule has 0 unspecified atom stereocenters. The van der Waals surface area contributed by atoms with E-state index in [0.29, 0.717) is 29.4 Å². The molecule has 0 spiro atoms. The lowest BCUT2D eigenvalue weighted by Gasteiger charge is -2.35. The van der Waals surface area contributed by atoms with Gasteiger partial charge in [0.05, 0.1) is 5.75 Å². The van der Waals surface area contributed by atoms with Gasteiger partial charge < -0.3 is 9.80 Å². The Morgan fingerprint density at radius 1 is 1.04 bits per heavy atom. The molecule has 1 aliphatic heterocycles. The van der Waals surface area contributed by atoms with Crippen LogP contribution < -0.4 is 9.62 Å². The predicted octanol–water partition coefficient (Wildman–Crippen LogP) is 3.12. The first-order valence-corrected chi connectivity index (χ1v) is 10.9. The van der Waals surface area contributed by atoms with Gasteiger partial charge in [-0.1, -0.05) is 30.3 Å². The van der Waals surface area contributed by atoms with Gasteiger partial charge in [0, 0.05) is 42.6 Å². The number of anilines is 2. The van der Waals surface area contributed by atoms with Gasteiger partial charge in [-0.25, -0.2) is 8.42 Å². The van der Waals surface area contributed by atoms with Gasteiger partial charge in [-0.15, -0.1) is 0 Å². The molecule has 148 valence electrons. The van der Waals surface area contributed by atoms with Crippen molar-refractivity contribution >= 4 is 38.9 Å². The van der Waals surface area contributed by atoms with E-state index in [2.05, 4.69) is 16.2 Å². The van der Waals surface area contributed by atoms with E-state index >= 15 is 0 Å². The van der Waals surface area contributed by atoms with Crippen molar-refractivity contribution in [3.05, 3.63) is 71.8 Å². The molecule has 2 aromatic carbocycles. The fourth-order valence-electron chi connectivity index (χ4n) is 3.07. The van der Waals surface area contributed by atoms with E-state index in [9.17, 15) is 13.2 Å².